The Bertz CT molecular complexity index is 785. The van der Waals surface area contributed by atoms with Crippen molar-refractivity contribution in [1.82, 2.24) is 10.6 Å². The van der Waals surface area contributed by atoms with Crippen LogP contribution in [0.5, 0.6) is 0 Å². The molecule has 8 atom stereocenters. The maximum absolute atomic E-state index is 13.0. The lowest BCUT2D eigenvalue weighted by molar-refractivity contribution is -0.173. The van der Waals surface area contributed by atoms with E-state index in [2.05, 4.69) is 24.5 Å². The number of rotatable bonds is 3. The average molecular weight is 443 g/mol. The summed E-state index contributed by atoms with van der Waals surface area (Å²) in [5.74, 6) is -1.22. The molecule has 5 nitrogen and oxygen atoms in total. The second kappa shape index (κ2) is 7.48. The van der Waals surface area contributed by atoms with Gasteiger partial charge in [0, 0.05) is 18.4 Å². The van der Waals surface area contributed by atoms with Crippen LogP contribution in [0.4, 0.5) is 13.2 Å². The van der Waals surface area contributed by atoms with E-state index in [1.165, 1.54) is 0 Å². The van der Waals surface area contributed by atoms with Crippen molar-refractivity contribution < 1.29 is 27.6 Å². The number of hydrogen-bond donors (Lipinski definition) is 2. The topological polar surface area (TPSA) is 75.3 Å². The van der Waals surface area contributed by atoms with Crippen LogP contribution in [0.1, 0.15) is 72.1 Å². The van der Waals surface area contributed by atoms with E-state index in [0.717, 1.165) is 45.4 Å². The fourth-order valence-electron chi connectivity index (χ4n) is 7.76. The molecule has 0 radical (unpaired) electrons. The number of carbonyl (C=O) groups excluding carboxylic acids is 3. The van der Waals surface area contributed by atoms with Gasteiger partial charge in [0.05, 0.1) is 6.04 Å². The van der Waals surface area contributed by atoms with Crippen molar-refractivity contribution in [3.8, 4) is 0 Å². The Labute approximate surface area is 181 Å². The Morgan fingerprint density at radius 3 is 2.39 bits per heavy atom. The van der Waals surface area contributed by atoms with Gasteiger partial charge >= 0.3 is 6.18 Å². The third-order valence-electron chi connectivity index (χ3n) is 9.44. The molecule has 1 aliphatic heterocycles. The van der Waals surface area contributed by atoms with Crippen LogP contribution in [0.25, 0.3) is 0 Å². The highest BCUT2D eigenvalue weighted by molar-refractivity contribution is 5.93. The van der Waals surface area contributed by atoms with Crippen LogP contribution in [-0.4, -0.2) is 35.9 Å². The minimum atomic E-state index is -4.95. The molecular formula is C23H33F3N2O3. The molecule has 0 bridgehead atoms. The molecule has 3 saturated carbocycles. The SMILES string of the molecule is CC(NC(=O)[C@@H]1CC[C@@H]2[C@H]3CC[C@H]4NC(=O)CC[C@]4(C)[C@@H]3CC[C@]21C)C(=O)C(F)(F)F. The van der Waals surface area contributed by atoms with Gasteiger partial charge in [-0.05, 0) is 80.5 Å². The standard InChI is InChI=1S/C23H33F3N2O3/c1-12(19(30)23(24,25)26)27-20(31)16-6-5-14-13-4-7-17-22(3,11-9-18(29)28-17)15(13)8-10-21(14,16)2/h12-17H,4-11H2,1-3H3,(H,27,31)(H,28,29)/t12?,13-,14-,15-,16+,17-,21-,22-/m1/s1. The quantitative estimate of drug-likeness (QED) is 0.699. The maximum atomic E-state index is 13.0. The largest absolute Gasteiger partial charge is 0.452 e. The van der Waals surface area contributed by atoms with Crippen LogP contribution >= 0.6 is 0 Å². The Morgan fingerprint density at radius 2 is 1.71 bits per heavy atom. The number of nitrogens with one attached hydrogen (secondary N) is 2. The van der Waals surface area contributed by atoms with E-state index in [9.17, 15) is 27.6 Å². The van der Waals surface area contributed by atoms with E-state index in [-0.39, 0.29) is 28.7 Å². The fraction of sp³-hybridized carbons (Fsp3) is 0.870. The summed E-state index contributed by atoms with van der Waals surface area (Å²) in [5.41, 5.74) is -0.181. The summed E-state index contributed by atoms with van der Waals surface area (Å²) in [7, 11) is 0. The van der Waals surface area contributed by atoms with Crippen molar-refractivity contribution in [3.05, 3.63) is 0 Å². The number of alkyl halides is 3. The van der Waals surface area contributed by atoms with Crippen LogP contribution in [0, 0.1) is 34.5 Å². The van der Waals surface area contributed by atoms with Crippen LogP contribution < -0.4 is 10.6 Å². The van der Waals surface area contributed by atoms with Gasteiger partial charge in [0.1, 0.15) is 0 Å². The third kappa shape index (κ3) is 3.58. The first-order valence-electron chi connectivity index (χ1n) is 11.6. The molecule has 8 heteroatoms. The highest BCUT2D eigenvalue weighted by atomic mass is 19.4. The highest BCUT2D eigenvalue weighted by Crippen LogP contribution is 2.65. The number of amides is 2. The molecule has 3 aliphatic carbocycles. The molecule has 1 saturated heterocycles. The number of halogens is 3. The second-order valence-corrected chi connectivity index (χ2v) is 10.8. The number of ketones is 1. The van der Waals surface area contributed by atoms with Gasteiger partial charge in [0.15, 0.2) is 0 Å². The summed E-state index contributed by atoms with van der Waals surface area (Å²) in [6, 6.07) is -1.35. The van der Waals surface area contributed by atoms with Gasteiger partial charge in [-0.25, -0.2) is 0 Å². The summed E-state index contributed by atoms with van der Waals surface area (Å²) < 4.78 is 38.2. The zero-order chi connectivity index (χ0) is 22.8. The van der Waals surface area contributed by atoms with E-state index in [4.69, 9.17) is 0 Å². The Hall–Kier alpha value is -1.60. The van der Waals surface area contributed by atoms with Crippen molar-refractivity contribution in [1.29, 1.82) is 0 Å². The summed E-state index contributed by atoms with van der Waals surface area (Å²) in [4.78, 5) is 36.4. The van der Waals surface area contributed by atoms with Gasteiger partial charge in [-0.3, -0.25) is 14.4 Å². The van der Waals surface area contributed by atoms with E-state index in [1.54, 1.807) is 0 Å². The van der Waals surface area contributed by atoms with Gasteiger partial charge in [-0.1, -0.05) is 13.8 Å². The molecular weight excluding hydrogens is 409 g/mol. The summed E-state index contributed by atoms with van der Waals surface area (Å²) >= 11 is 0. The first-order valence-corrected chi connectivity index (χ1v) is 11.6. The van der Waals surface area contributed by atoms with E-state index < -0.39 is 23.9 Å². The van der Waals surface area contributed by atoms with Crippen LogP contribution in [0.15, 0.2) is 0 Å². The monoisotopic (exact) mass is 442 g/mol. The normalized spacial score (nSPS) is 43.2. The number of carbonyl (C=O) groups is 3. The molecule has 0 spiro atoms. The Morgan fingerprint density at radius 1 is 1.03 bits per heavy atom. The molecule has 2 amide bonds. The van der Waals surface area contributed by atoms with Crippen LogP contribution in [0.2, 0.25) is 0 Å². The van der Waals surface area contributed by atoms with Crippen LogP contribution in [0.3, 0.4) is 0 Å². The number of piperidine rings is 1. The maximum Gasteiger partial charge on any atom is 0.452 e. The second-order valence-electron chi connectivity index (χ2n) is 10.8. The molecule has 4 rings (SSSR count). The van der Waals surface area contributed by atoms with E-state index >= 15 is 0 Å². The van der Waals surface area contributed by atoms with Crippen molar-refractivity contribution in [3.63, 3.8) is 0 Å². The lowest BCUT2D eigenvalue weighted by atomic mass is 9.47. The van der Waals surface area contributed by atoms with Crippen molar-refractivity contribution >= 4 is 17.6 Å². The predicted molar refractivity (Wildman–Crippen MR) is 108 cm³/mol. The smallest absolute Gasteiger partial charge is 0.353 e. The molecule has 174 valence electrons. The molecule has 4 aliphatic rings. The van der Waals surface area contributed by atoms with Crippen LogP contribution in [-0.2, 0) is 14.4 Å². The zero-order valence-corrected chi connectivity index (χ0v) is 18.5. The van der Waals surface area contributed by atoms with Gasteiger partial charge in [0.25, 0.3) is 5.78 Å². The lowest BCUT2D eigenvalue weighted by Gasteiger charge is -2.60. The lowest BCUT2D eigenvalue weighted by Crippen LogP contribution is -2.61. The number of hydrogen-bond acceptors (Lipinski definition) is 3. The van der Waals surface area contributed by atoms with E-state index in [0.29, 0.717) is 30.6 Å². The molecule has 0 aromatic heterocycles. The summed E-state index contributed by atoms with van der Waals surface area (Å²) in [5, 5.41) is 5.57. The molecule has 1 unspecified atom stereocenters. The van der Waals surface area contributed by atoms with Gasteiger partial charge in [-0.2, -0.15) is 13.2 Å². The molecule has 0 aromatic carbocycles. The molecule has 31 heavy (non-hydrogen) atoms. The van der Waals surface area contributed by atoms with Crippen molar-refractivity contribution in [2.45, 2.75) is 90.4 Å². The van der Waals surface area contributed by atoms with Gasteiger partial charge in [0.2, 0.25) is 11.8 Å². The first kappa shape index (κ1) is 22.6. The first-order chi connectivity index (χ1) is 14.4. The Kier molecular flexibility index (Phi) is 5.45. The number of Topliss-reactive ketones (excluding diaryl/α,β-unsaturated/α-hetero) is 1. The number of fused-ring (bicyclic) bond motifs is 5. The minimum Gasteiger partial charge on any atom is -0.353 e. The molecule has 4 fully saturated rings. The minimum absolute atomic E-state index is 0.0755. The van der Waals surface area contributed by atoms with Crippen molar-refractivity contribution in [2.75, 3.05) is 0 Å². The Balaban J connectivity index is 1.49. The summed E-state index contributed by atoms with van der Waals surface area (Å²) in [6.07, 6.45) is 1.85. The predicted octanol–water partition coefficient (Wildman–Crippen LogP) is 3.76. The summed E-state index contributed by atoms with van der Waals surface area (Å²) in [6.45, 7) is 5.54. The average Bonchev–Trinajstić information content (AvgIpc) is 3.04. The molecule has 0 aromatic rings. The fourth-order valence-corrected chi connectivity index (χ4v) is 7.76. The van der Waals surface area contributed by atoms with E-state index in [1.807, 2.05) is 0 Å². The highest BCUT2D eigenvalue weighted by Gasteiger charge is 2.61. The van der Waals surface area contributed by atoms with Gasteiger partial charge in [-0.15, -0.1) is 0 Å². The molecule has 2 N–H and O–H groups in total. The molecule has 1 heterocycles. The van der Waals surface area contributed by atoms with Gasteiger partial charge < -0.3 is 10.6 Å². The van der Waals surface area contributed by atoms with Crippen molar-refractivity contribution in [2.24, 2.45) is 34.5 Å². The zero-order valence-electron chi connectivity index (χ0n) is 18.5. The third-order valence-corrected chi connectivity index (χ3v) is 9.44.